The van der Waals surface area contributed by atoms with Gasteiger partial charge in [-0.2, -0.15) is 0 Å². The average Bonchev–Trinajstić information content (AvgIpc) is 3.68. The van der Waals surface area contributed by atoms with E-state index in [2.05, 4.69) is 16.0 Å². The molecule has 228 valence electrons. The molecule has 1 aliphatic carbocycles. The molecule has 3 aromatic carbocycles. The number of hydrogen-bond donors (Lipinski definition) is 3. The van der Waals surface area contributed by atoms with Gasteiger partial charge < -0.3 is 20.7 Å². The number of hydrogen-bond acceptors (Lipinski definition) is 5. The summed E-state index contributed by atoms with van der Waals surface area (Å²) in [4.78, 5) is 53.8. The number of carbonyl (C=O) groups is 4. The number of fused-ring (bicyclic) bond motifs is 1. The molecule has 0 bridgehead atoms. The topological polar surface area (TPSA) is 117 Å². The fourth-order valence-corrected chi connectivity index (χ4v) is 5.54. The van der Waals surface area contributed by atoms with Crippen LogP contribution in [0.3, 0.4) is 0 Å². The molecule has 0 saturated carbocycles. The zero-order chi connectivity index (χ0) is 31.4. The van der Waals surface area contributed by atoms with Crippen molar-refractivity contribution in [1.29, 1.82) is 0 Å². The number of aryl methyl sites for hydroxylation is 1. The Morgan fingerprint density at radius 2 is 1.36 bits per heavy atom. The van der Waals surface area contributed by atoms with Crippen LogP contribution in [0.1, 0.15) is 48.6 Å². The highest BCUT2D eigenvalue weighted by Gasteiger charge is 2.50. The third-order valence-corrected chi connectivity index (χ3v) is 8.46. The van der Waals surface area contributed by atoms with Crippen LogP contribution < -0.4 is 16.0 Å². The van der Waals surface area contributed by atoms with Crippen molar-refractivity contribution in [3.8, 4) is 0 Å². The van der Waals surface area contributed by atoms with Crippen molar-refractivity contribution in [2.75, 3.05) is 6.61 Å². The largest absolute Gasteiger partial charge is 0.361 e. The fourth-order valence-electron chi connectivity index (χ4n) is 5.54. The standard InChI is InChI=1S/C36H39N3O5/c1-22-14-16-26(17-15-22)19-31(35(43)38-30(32(40)36(4)21-44-36)18-25-10-6-5-7-11-25)39-33(41)24(3)37-34(42)29-20-27-12-8-9-13-28(27)23(29)2/h5-17,24,30-31H,18-21H2,1-4H3,(H,37,42)(H,38,43)(H,39,41). The molecule has 4 atom stereocenters. The molecule has 3 amide bonds. The zero-order valence-electron chi connectivity index (χ0n) is 25.6. The number of benzene rings is 3. The van der Waals surface area contributed by atoms with Crippen LogP contribution in [0, 0.1) is 6.92 Å². The van der Waals surface area contributed by atoms with Gasteiger partial charge in [-0.1, -0.05) is 84.4 Å². The Balaban J connectivity index is 1.31. The lowest BCUT2D eigenvalue weighted by atomic mass is 9.94. The van der Waals surface area contributed by atoms with Gasteiger partial charge in [-0.15, -0.1) is 0 Å². The average molecular weight is 594 g/mol. The SMILES string of the molecule is CC1=C(C(=O)NC(C)C(=O)NC(Cc2ccc(C)cc2)C(=O)NC(Cc2ccccc2)C(=O)C2(C)CO2)Cc2ccccc21. The Kier molecular flexibility index (Phi) is 9.11. The van der Waals surface area contributed by atoms with Crippen LogP contribution in [-0.2, 0) is 43.2 Å². The van der Waals surface area contributed by atoms with Crippen molar-refractivity contribution in [2.45, 2.75) is 70.7 Å². The van der Waals surface area contributed by atoms with Crippen LogP contribution in [0.25, 0.3) is 5.57 Å². The van der Waals surface area contributed by atoms with Gasteiger partial charge in [0, 0.05) is 18.4 Å². The van der Waals surface area contributed by atoms with E-state index in [9.17, 15) is 19.2 Å². The summed E-state index contributed by atoms with van der Waals surface area (Å²) in [5.41, 5.74) is 5.50. The van der Waals surface area contributed by atoms with E-state index in [1.54, 1.807) is 13.8 Å². The first-order chi connectivity index (χ1) is 21.0. The van der Waals surface area contributed by atoms with Crippen molar-refractivity contribution >= 4 is 29.1 Å². The molecule has 0 radical (unpaired) electrons. The molecule has 3 aromatic rings. The van der Waals surface area contributed by atoms with Crippen molar-refractivity contribution < 1.29 is 23.9 Å². The van der Waals surface area contributed by atoms with Crippen LogP contribution in [0.5, 0.6) is 0 Å². The summed E-state index contributed by atoms with van der Waals surface area (Å²) < 4.78 is 5.41. The van der Waals surface area contributed by atoms with Crippen LogP contribution in [0.4, 0.5) is 0 Å². The second-order valence-corrected chi connectivity index (χ2v) is 12.0. The van der Waals surface area contributed by atoms with Crippen LogP contribution >= 0.6 is 0 Å². The van der Waals surface area contributed by atoms with E-state index in [0.29, 0.717) is 25.0 Å². The maximum atomic E-state index is 13.8. The summed E-state index contributed by atoms with van der Waals surface area (Å²) in [7, 11) is 0. The normalized spacial score (nSPS) is 18.9. The molecular weight excluding hydrogens is 554 g/mol. The van der Waals surface area contributed by atoms with Gasteiger partial charge in [0.15, 0.2) is 5.78 Å². The lowest BCUT2D eigenvalue weighted by Gasteiger charge is -2.25. The lowest BCUT2D eigenvalue weighted by Crippen LogP contribution is -2.57. The summed E-state index contributed by atoms with van der Waals surface area (Å²) in [5, 5.41) is 8.56. The van der Waals surface area contributed by atoms with Gasteiger partial charge in [0.2, 0.25) is 17.7 Å². The van der Waals surface area contributed by atoms with Crippen LogP contribution in [-0.4, -0.2) is 53.8 Å². The predicted octanol–water partition coefficient (Wildman–Crippen LogP) is 3.64. The molecule has 0 spiro atoms. The molecule has 4 unspecified atom stereocenters. The molecule has 1 fully saturated rings. The summed E-state index contributed by atoms with van der Waals surface area (Å²) in [6.07, 6.45) is 0.997. The fraction of sp³-hybridized carbons (Fsp3) is 0.333. The number of epoxide rings is 1. The Hall–Kier alpha value is -4.56. The Labute approximate surface area is 258 Å². The summed E-state index contributed by atoms with van der Waals surface area (Å²) in [6, 6.07) is 22.3. The van der Waals surface area contributed by atoms with Gasteiger partial charge in [-0.3, -0.25) is 19.2 Å². The van der Waals surface area contributed by atoms with E-state index in [0.717, 1.165) is 33.4 Å². The monoisotopic (exact) mass is 593 g/mol. The van der Waals surface area contributed by atoms with Crippen molar-refractivity contribution in [3.05, 3.63) is 112 Å². The highest BCUT2D eigenvalue weighted by atomic mass is 16.6. The predicted molar refractivity (Wildman–Crippen MR) is 169 cm³/mol. The van der Waals surface area contributed by atoms with E-state index in [-0.39, 0.29) is 18.1 Å². The smallest absolute Gasteiger partial charge is 0.248 e. The quantitative estimate of drug-likeness (QED) is 0.277. The van der Waals surface area contributed by atoms with Gasteiger partial charge in [0.05, 0.1) is 12.6 Å². The maximum absolute atomic E-state index is 13.8. The molecule has 1 saturated heterocycles. The number of ether oxygens (including phenoxy) is 1. The molecular formula is C36H39N3O5. The number of ketones is 1. The number of carbonyl (C=O) groups excluding carboxylic acids is 4. The van der Waals surface area contributed by atoms with Gasteiger partial charge in [-0.25, -0.2) is 0 Å². The number of amides is 3. The molecule has 8 heteroatoms. The number of nitrogens with one attached hydrogen (secondary N) is 3. The van der Waals surface area contributed by atoms with Crippen molar-refractivity contribution in [1.82, 2.24) is 16.0 Å². The highest BCUT2D eigenvalue weighted by Crippen LogP contribution is 2.32. The third-order valence-electron chi connectivity index (χ3n) is 8.46. The molecule has 5 rings (SSSR count). The molecule has 3 N–H and O–H groups in total. The van der Waals surface area contributed by atoms with Crippen molar-refractivity contribution in [3.63, 3.8) is 0 Å². The van der Waals surface area contributed by atoms with Gasteiger partial charge in [-0.05, 0) is 61.9 Å². The minimum absolute atomic E-state index is 0.206. The lowest BCUT2D eigenvalue weighted by molar-refractivity contribution is -0.133. The minimum Gasteiger partial charge on any atom is -0.361 e. The first kappa shape index (κ1) is 30.9. The van der Waals surface area contributed by atoms with Gasteiger partial charge in [0.25, 0.3) is 0 Å². The molecule has 1 heterocycles. The number of allylic oxidation sites excluding steroid dienone is 1. The first-order valence-corrected chi connectivity index (χ1v) is 15.0. The minimum atomic E-state index is -0.986. The summed E-state index contributed by atoms with van der Waals surface area (Å²) in [6.45, 7) is 7.50. The summed E-state index contributed by atoms with van der Waals surface area (Å²) >= 11 is 0. The highest BCUT2D eigenvalue weighted by molar-refractivity contribution is 6.05. The molecule has 44 heavy (non-hydrogen) atoms. The first-order valence-electron chi connectivity index (χ1n) is 15.0. The van der Waals surface area contributed by atoms with E-state index < -0.39 is 35.5 Å². The number of Topliss-reactive ketones (excluding diaryl/α,β-unsaturated/α-hetero) is 1. The Bertz CT molecular complexity index is 1590. The maximum Gasteiger partial charge on any atom is 0.248 e. The number of rotatable bonds is 12. The molecule has 0 aromatic heterocycles. The van der Waals surface area contributed by atoms with Crippen molar-refractivity contribution in [2.24, 2.45) is 0 Å². The Morgan fingerprint density at radius 1 is 0.773 bits per heavy atom. The second-order valence-electron chi connectivity index (χ2n) is 12.0. The van der Waals surface area contributed by atoms with E-state index in [1.807, 2.05) is 92.7 Å². The third kappa shape index (κ3) is 7.14. The van der Waals surface area contributed by atoms with Crippen LogP contribution in [0.2, 0.25) is 0 Å². The van der Waals surface area contributed by atoms with E-state index in [1.165, 1.54) is 0 Å². The molecule has 1 aliphatic heterocycles. The molecule has 2 aliphatic rings. The summed E-state index contributed by atoms with van der Waals surface area (Å²) in [5.74, 6) is -1.51. The van der Waals surface area contributed by atoms with Gasteiger partial charge in [0.1, 0.15) is 17.7 Å². The molecule has 8 nitrogen and oxygen atoms in total. The Morgan fingerprint density at radius 3 is 2.02 bits per heavy atom. The second kappa shape index (κ2) is 13.0. The van der Waals surface area contributed by atoms with E-state index >= 15 is 0 Å². The van der Waals surface area contributed by atoms with E-state index in [4.69, 9.17) is 4.74 Å². The van der Waals surface area contributed by atoms with Gasteiger partial charge >= 0.3 is 0 Å². The van der Waals surface area contributed by atoms with Crippen LogP contribution in [0.15, 0.2) is 84.4 Å². The zero-order valence-corrected chi connectivity index (χ0v) is 25.6.